The highest BCUT2D eigenvalue weighted by molar-refractivity contribution is 6.36. The van der Waals surface area contributed by atoms with Gasteiger partial charge in [-0.1, -0.05) is 23.2 Å². The van der Waals surface area contributed by atoms with Crippen molar-refractivity contribution in [2.45, 2.75) is 6.92 Å². The molecule has 0 unspecified atom stereocenters. The van der Waals surface area contributed by atoms with E-state index in [9.17, 15) is 10.1 Å². The quantitative estimate of drug-likeness (QED) is 0.123. The van der Waals surface area contributed by atoms with E-state index >= 15 is 0 Å². The number of amidine groups is 1. The molecule has 2 aromatic heterocycles. The normalized spacial score (nSPS) is 13.9. The number of nitrogens with zero attached hydrogens (tertiary/aromatic N) is 6. The molecule has 0 radical (unpaired) electrons. The van der Waals surface area contributed by atoms with Gasteiger partial charge in [0.05, 0.1) is 29.4 Å². The highest BCUT2D eigenvalue weighted by Crippen LogP contribution is 2.35. The van der Waals surface area contributed by atoms with Gasteiger partial charge < -0.3 is 26.0 Å². The monoisotopic (exact) mass is 545 g/mol. The molecular formula is C23H25Cl2N9O3. The number of hydrogen-bond acceptors (Lipinski definition) is 10. The van der Waals surface area contributed by atoms with Crippen molar-refractivity contribution in [1.29, 1.82) is 0 Å². The van der Waals surface area contributed by atoms with E-state index in [-0.39, 0.29) is 11.5 Å². The van der Waals surface area contributed by atoms with Crippen LogP contribution >= 0.6 is 23.2 Å². The molecule has 12 nitrogen and oxygen atoms in total. The zero-order valence-corrected chi connectivity index (χ0v) is 21.5. The van der Waals surface area contributed by atoms with Crippen LogP contribution < -0.4 is 16.4 Å². The summed E-state index contributed by atoms with van der Waals surface area (Å²) in [4.78, 5) is 30.4. The van der Waals surface area contributed by atoms with Gasteiger partial charge in [-0.05, 0) is 31.2 Å². The van der Waals surface area contributed by atoms with Crippen molar-refractivity contribution in [3.8, 4) is 11.3 Å². The van der Waals surface area contributed by atoms with Crippen molar-refractivity contribution in [2.75, 3.05) is 55.8 Å². The molecule has 0 aliphatic carbocycles. The third kappa shape index (κ3) is 6.73. The number of pyridine rings is 1. The molecule has 4 rings (SSSR count). The van der Waals surface area contributed by atoms with Crippen molar-refractivity contribution in [2.24, 2.45) is 4.99 Å². The Morgan fingerprint density at radius 2 is 1.95 bits per heavy atom. The van der Waals surface area contributed by atoms with Crippen LogP contribution in [-0.4, -0.2) is 70.0 Å². The molecule has 1 aliphatic heterocycles. The van der Waals surface area contributed by atoms with Crippen LogP contribution in [0.15, 0.2) is 41.5 Å². The van der Waals surface area contributed by atoms with Crippen molar-refractivity contribution in [3.05, 3.63) is 56.7 Å². The number of nitro groups is 1. The molecule has 1 aromatic carbocycles. The lowest BCUT2D eigenvalue weighted by atomic mass is 10.1. The van der Waals surface area contributed by atoms with Gasteiger partial charge in [0.25, 0.3) is 0 Å². The standard InChI is InChI=1S/C23H25Cl2N9O3/c1-14(33-8-10-37-11-9-33)30-18-13-29-23(32-21(18)16-3-2-15(24)12-17(16)25)28-7-6-27-20-5-4-19(34(35)36)22(26)31-20/h2-5,12-13H,6-11H2,1H3,(H3,26,27,31)(H,28,29,32)/b30-14-. The van der Waals surface area contributed by atoms with Gasteiger partial charge >= 0.3 is 5.69 Å². The molecule has 0 spiro atoms. The molecule has 0 atom stereocenters. The van der Waals surface area contributed by atoms with Crippen molar-refractivity contribution in [1.82, 2.24) is 19.9 Å². The second kappa shape index (κ2) is 12.0. The molecule has 3 heterocycles. The molecule has 3 aromatic rings. The lowest BCUT2D eigenvalue weighted by Crippen LogP contribution is -2.39. The van der Waals surface area contributed by atoms with E-state index in [2.05, 4.69) is 30.5 Å². The zero-order chi connectivity index (χ0) is 26.4. The summed E-state index contributed by atoms with van der Waals surface area (Å²) in [5.41, 5.74) is 7.21. The largest absolute Gasteiger partial charge is 0.378 e. The molecule has 37 heavy (non-hydrogen) atoms. The Balaban J connectivity index is 1.50. The first-order valence-corrected chi connectivity index (χ1v) is 12.2. The molecule has 0 bridgehead atoms. The second-order valence-corrected chi connectivity index (χ2v) is 8.87. The fourth-order valence-electron chi connectivity index (χ4n) is 3.64. The van der Waals surface area contributed by atoms with Crippen molar-refractivity contribution < 1.29 is 9.66 Å². The van der Waals surface area contributed by atoms with Gasteiger partial charge in [0.15, 0.2) is 0 Å². The number of benzene rings is 1. The highest BCUT2D eigenvalue weighted by Gasteiger charge is 2.17. The second-order valence-electron chi connectivity index (χ2n) is 8.02. The van der Waals surface area contributed by atoms with Gasteiger partial charge in [-0.15, -0.1) is 0 Å². The highest BCUT2D eigenvalue weighted by atomic mass is 35.5. The summed E-state index contributed by atoms with van der Waals surface area (Å²) < 4.78 is 5.43. The lowest BCUT2D eigenvalue weighted by molar-refractivity contribution is -0.384. The molecule has 0 saturated carbocycles. The summed E-state index contributed by atoms with van der Waals surface area (Å²) in [7, 11) is 0. The first kappa shape index (κ1) is 26.3. The van der Waals surface area contributed by atoms with E-state index < -0.39 is 4.92 Å². The Bertz CT molecular complexity index is 1320. The van der Waals surface area contributed by atoms with Gasteiger partial charge in [0, 0.05) is 42.8 Å². The number of aliphatic imine (C=N–C) groups is 1. The van der Waals surface area contributed by atoms with E-state index in [0.29, 0.717) is 65.1 Å². The predicted molar refractivity (Wildman–Crippen MR) is 145 cm³/mol. The molecule has 14 heteroatoms. The van der Waals surface area contributed by atoms with Gasteiger partial charge in [0.2, 0.25) is 11.8 Å². The maximum atomic E-state index is 10.9. The number of rotatable bonds is 8. The van der Waals surface area contributed by atoms with E-state index in [1.165, 1.54) is 12.1 Å². The van der Waals surface area contributed by atoms with Gasteiger partial charge in [-0.25, -0.2) is 19.9 Å². The van der Waals surface area contributed by atoms with Crippen LogP contribution in [0.25, 0.3) is 11.3 Å². The zero-order valence-electron chi connectivity index (χ0n) is 19.9. The van der Waals surface area contributed by atoms with Crippen LogP contribution in [0.4, 0.5) is 29.0 Å². The number of ether oxygens (including phenoxy) is 1. The molecule has 1 fully saturated rings. The van der Waals surface area contributed by atoms with Gasteiger partial charge in [-0.3, -0.25) is 10.1 Å². The Kier molecular flexibility index (Phi) is 8.54. The summed E-state index contributed by atoms with van der Waals surface area (Å²) in [6.45, 7) is 5.62. The average Bonchev–Trinajstić information content (AvgIpc) is 2.88. The fraction of sp³-hybridized carbons (Fsp3) is 0.304. The Morgan fingerprint density at radius 1 is 1.19 bits per heavy atom. The van der Waals surface area contributed by atoms with Gasteiger partial charge in [0.1, 0.15) is 23.0 Å². The lowest BCUT2D eigenvalue weighted by Gasteiger charge is -2.28. The van der Waals surface area contributed by atoms with Crippen LogP contribution in [0.2, 0.25) is 10.0 Å². The number of halogens is 2. The van der Waals surface area contributed by atoms with E-state index in [1.807, 2.05) is 6.92 Å². The number of nitrogen functional groups attached to an aromatic ring is 1. The number of nitrogens with two attached hydrogens (primary N) is 1. The predicted octanol–water partition coefficient (Wildman–Crippen LogP) is 4.24. The van der Waals surface area contributed by atoms with Crippen LogP contribution in [0.3, 0.4) is 0 Å². The van der Waals surface area contributed by atoms with E-state index in [1.54, 1.807) is 24.4 Å². The van der Waals surface area contributed by atoms with Crippen LogP contribution in [0.1, 0.15) is 6.92 Å². The number of hydrogen-bond donors (Lipinski definition) is 3. The first-order valence-electron chi connectivity index (χ1n) is 11.4. The summed E-state index contributed by atoms with van der Waals surface area (Å²) in [6, 6.07) is 8.00. The number of aromatic nitrogens is 3. The number of nitrogens with one attached hydrogen (secondary N) is 2. The average molecular weight is 546 g/mol. The number of anilines is 3. The Morgan fingerprint density at radius 3 is 2.65 bits per heavy atom. The first-order chi connectivity index (χ1) is 17.8. The molecule has 4 N–H and O–H groups in total. The molecular weight excluding hydrogens is 521 g/mol. The molecule has 1 saturated heterocycles. The Hall–Kier alpha value is -3.74. The summed E-state index contributed by atoms with van der Waals surface area (Å²) in [5.74, 6) is 1.47. The summed E-state index contributed by atoms with van der Waals surface area (Å²) in [5, 5.41) is 18.1. The van der Waals surface area contributed by atoms with Crippen LogP contribution in [-0.2, 0) is 4.74 Å². The Labute approximate surface area is 223 Å². The minimum atomic E-state index is -0.578. The summed E-state index contributed by atoms with van der Waals surface area (Å²) in [6.07, 6.45) is 1.64. The van der Waals surface area contributed by atoms with Crippen molar-refractivity contribution in [3.63, 3.8) is 0 Å². The van der Waals surface area contributed by atoms with E-state index in [4.69, 9.17) is 38.7 Å². The smallest absolute Gasteiger partial charge is 0.311 e. The summed E-state index contributed by atoms with van der Waals surface area (Å²) >= 11 is 12.6. The third-order valence-electron chi connectivity index (χ3n) is 5.52. The minimum Gasteiger partial charge on any atom is -0.378 e. The minimum absolute atomic E-state index is 0.153. The maximum absolute atomic E-state index is 10.9. The van der Waals surface area contributed by atoms with Gasteiger partial charge in [-0.2, -0.15) is 0 Å². The topological polar surface area (TPSA) is 157 Å². The van der Waals surface area contributed by atoms with Crippen molar-refractivity contribution >= 4 is 58.0 Å². The van der Waals surface area contributed by atoms with Crippen LogP contribution in [0.5, 0.6) is 0 Å². The third-order valence-corrected chi connectivity index (χ3v) is 6.07. The maximum Gasteiger partial charge on any atom is 0.311 e. The molecule has 1 aliphatic rings. The van der Waals surface area contributed by atoms with E-state index in [0.717, 1.165) is 18.9 Å². The number of morpholine rings is 1. The van der Waals surface area contributed by atoms with Crippen LogP contribution in [0, 0.1) is 10.1 Å². The fourth-order valence-corrected chi connectivity index (χ4v) is 4.14. The SMILES string of the molecule is C/C(=N/c1cnc(NCCNc2ccc([N+](=O)[O-])c(N)n2)nc1-c1ccc(Cl)cc1Cl)N1CCOCC1. The molecule has 194 valence electrons. The molecule has 0 amide bonds.